The van der Waals surface area contributed by atoms with Crippen LogP contribution in [0.1, 0.15) is 39.5 Å². The second kappa shape index (κ2) is 15.1. The van der Waals surface area contributed by atoms with Crippen LogP contribution >= 0.6 is 24.0 Å². The number of hydrogen-bond donors (Lipinski definition) is 2. The fourth-order valence-electron chi connectivity index (χ4n) is 3.64. The van der Waals surface area contributed by atoms with Crippen LogP contribution in [-0.4, -0.2) is 105 Å². The fourth-order valence-corrected chi connectivity index (χ4v) is 3.64. The lowest BCUT2D eigenvalue weighted by Crippen LogP contribution is -2.50. The van der Waals surface area contributed by atoms with Crippen molar-refractivity contribution < 1.29 is 9.53 Å². The highest BCUT2D eigenvalue weighted by molar-refractivity contribution is 14.0. The average molecular weight is 524 g/mol. The van der Waals surface area contributed by atoms with Crippen molar-refractivity contribution in [3.63, 3.8) is 0 Å². The number of piperazine rings is 1. The number of unbranched alkanes of at least 4 members (excludes halogenated alkanes) is 1. The molecule has 0 atom stereocenters. The third-order valence-electron chi connectivity index (χ3n) is 5.45. The molecule has 0 unspecified atom stereocenters. The Morgan fingerprint density at radius 2 is 1.76 bits per heavy atom. The molecule has 0 spiro atoms. The van der Waals surface area contributed by atoms with Crippen LogP contribution in [0, 0.1) is 0 Å². The quantitative estimate of drug-likeness (QED) is 0.219. The van der Waals surface area contributed by atoms with Gasteiger partial charge in [-0.2, -0.15) is 0 Å². The Balaban J connectivity index is 0.00000420. The van der Waals surface area contributed by atoms with Gasteiger partial charge in [-0.05, 0) is 53.1 Å². The minimum Gasteiger partial charge on any atom is -0.450 e. The molecule has 2 aliphatic heterocycles. The number of piperidine rings is 1. The van der Waals surface area contributed by atoms with Gasteiger partial charge in [-0.25, -0.2) is 4.79 Å². The van der Waals surface area contributed by atoms with Gasteiger partial charge in [0.15, 0.2) is 5.96 Å². The van der Waals surface area contributed by atoms with E-state index in [9.17, 15) is 4.79 Å². The lowest BCUT2D eigenvalue weighted by Gasteiger charge is -2.32. The van der Waals surface area contributed by atoms with Gasteiger partial charge in [0.05, 0.1) is 6.61 Å². The number of rotatable bonds is 8. The maximum atomic E-state index is 11.8. The Kier molecular flexibility index (Phi) is 13.6. The molecule has 0 aromatic carbocycles. The van der Waals surface area contributed by atoms with Gasteiger partial charge < -0.3 is 30.1 Å². The molecule has 2 aliphatic rings. The zero-order chi connectivity index (χ0) is 20.2. The standard InChI is InChI=1S/C20H40N6O2.HI/c1-4-21-19(22-10-6-7-11-25-16-14-24(3)15-17-25)23-18-8-12-26(13-9-18)20(27)28-5-2;/h18H,4-17H2,1-3H3,(H2,21,22,23);1H. The molecule has 0 aliphatic carbocycles. The monoisotopic (exact) mass is 524 g/mol. The maximum Gasteiger partial charge on any atom is 0.409 e. The lowest BCUT2D eigenvalue weighted by atomic mass is 10.1. The summed E-state index contributed by atoms with van der Waals surface area (Å²) in [6.07, 6.45) is 3.97. The van der Waals surface area contributed by atoms with Crippen LogP contribution in [-0.2, 0) is 4.74 Å². The molecule has 2 N–H and O–H groups in total. The molecule has 2 rings (SSSR count). The number of nitrogens with one attached hydrogen (secondary N) is 2. The molecular formula is C20H41IN6O2. The van der Waals surface area contributed by atoms with Crippen LogP contribution in [0.15, 0.2) is 4.99 Å². The van der Waals surface area contributed by atoms with E-state index in [2.05, 4.69) is 34.4 Å². The van der Waals surface area contributed by atoms with Gasteiger partial charge in [0.25, 0.3) is 0 Å². The Morgan fingerprint density at radius 1 is 1.07 bits per heavy atom. The number of halogens is 1. The van der Waals surface area contributed by atoms with Gasteiger partial charge in [-0.15, -0.1) is 24.0 Å². The van der Waals surface area contributed by atoms with Gasteiger partial charge >= 0.3 is 6.09 Å². The summed E-state index contributed by atoms with van der Waals surface area (Å²) in [4.78, 5) is 23.3. The summed E-state index contributed by atoms with van der Waals surface area (Å²) in [5.41, 5.74) is 0. The molecule has 170 valence electrons. The number of nitrogens with zero attached hydrogens (tertiary/aromatic N) is 4. The smallest absolute Gasteiger partial charge is 0.409 e. The van der Waals surface area contributed by atoms with Crippen LogP contribution in [0.25, 0.3) is 0 Å². The number of aliphatic imine (C=N–C) groups is 1. The van der Waals surface area contributed by atoms with E-state index in [1.54, 1.807) is 4.90 Å². The van der Waals surface area contributed by atoms with E-state index in [-0.39, 0.29) is 30.1 Å². The molecule has 9 heteroatoms. The molecule has 0 aromatic heterocycles. The van der Waals surface area contributed by atoms with Crippen molar-refractivity contribution in [3.8, 4) is 0 Å². The predicted octanol–water partition coefficient (Wildman–Crippen LogP) is 1.81. The van der Waals surface area contributed by atoms with Crippen molar-refractivity contribution in [1.29, 1.82) is 0 Å². The minimum absolute atomic E-state index is 0. The van der Waals surface area contributed by atoms with Crippen LogP contribution in [0.3, 0.4) is 0 Å². The summed E-state index contributed by atoms with van der Waals surface area (Å²) in [6.45, 7) is 13.5. The Morgan fingerprint density at radius 3 is 2.38 bits per heavy atom. The van der Waals surface area contributed by atoms with Gasteiger partial charge in [0, 0.05) is 58.4 Å². The number of carbonyl (C=O) groups excluding carboxylic acids is 1. The average Bonchev–Trinajstić information content (AvgIpc) is 2.70. The normalized spacial score (nSPS) is 19.6. The molecule has 0 saturated carbocycles. The lowest BCUT2D eigenvalue weighted by molar-refractivity contribution is 0.0963. The van der Waals surface area contributed by atoms with E-state index in [1.165, 1.54) is 39.1 Å². The summed E-state index contributed by atoms with van der Waals surface area (Å²) < 4.78 is 5.09. The molecule has 0 aromatic rings. The fraction of sp³-hybridized carbons (Fsp3) is 0.900. The van der Waals surface area contributed by atoms with E-state index in [0.717, 1.165) is 51.4 Å². The van der Waals surface area contributed by atoms with Crippen LogP contribution in [0.2, 0.25) is 0 Å². The molecule has 0 bridgehead atoms. The number of hydrogen-bond acceptors (Lipinski definition) is 5. The van der Waals surface area contributed by atoms with E-state index >= 15 is 0 Å². The first-order valence-corrected chi connectivity index (χ1v) is 11.0. The number of carbonyl (C=O) groups is 1. The van der Waals surface area contributed by atoms with Crippen LogP contribution in [0.5, 0.6) is 0 Å². The molecule has 2 heterocycles. The van der Waals surface area contributed by atoms with Crippen molar-refractivity contribution in [2.75, 3.05) is 72.6 Å². The van der Waals surface area contributed by atoms with E-state index in [0.29, 0.717) is 12.6 Å². The van der Waals surface area contributed by atoms with Crippen molar-refractivity contribution >= 4 is 36.0 Å². The molecule has 0 radical (unpaired) electrons. The first-order valence-electron chi connectivity index (χ1n) is 11.0. The first kappa shape index (κ1) is 26.2. The summed E-state index contributed by atoms with van der Waals surface area (Å²) in [5.74, 6) is 0.900. The second-order valence-electron chi connectivity index (χ2n) is 7.72. The zero-order valence-electron chi connectivity index (χ0n) is 18.5. The summed E-state index contributed by atoms with van der Waals surface area (Å²) in [5, 5.41) is 6.88. The second-order valence-corrected chi connectivity index (χ2v) is 7.72. The Labute approximate surface area is 193 Å². The third-order valence-corrected chi connectivity index (χ3v) is 5.45. The van der Waals surface area contributed by atoms with Crippen LogP contribution in [0.4, 0.5) is 4.79 Å². The molecule has 2 fully saturated rings. The SMILES string of the molecule is CCNC(=NCCCCN1CCN(C)CC1)NC1CCN(C(=O)OCC)CC1.I. The molecule has 2 saturated heterocycles. The third kappa shape index (κ3) is 10.2. The van der Waals surface area contributed by atoms with Crippen molar-refractivity contribution in [2.45, 2.75) is 45.6 Å². The number of likely N-dealkylation sites (N-methyl/N-ethyl adjacent to an activating group) is 1. The number of ether oxygens (including phenoxy) is 1. The van der Waals surface area contributed by atoms with Gasteiger partial charge in [-0.3, -0.25) is 4.99 Å². The first-order chi connectivity index (χ1) is 13.6. The highest BCUT2D eigenvalue weighted by Crippen LogP contribution is 2.11. The predicted molar refractivity (Wildman–Crippen MR) is 129 cm³/mol. The van der Waals surface area contributed by atoms with E-state index < -0.39 is 0 Å². The molecule has 29 heavy (non-hydrogen) atoms. The van der Waals surface area contributed by atoms with Crippen molar-refractivity contribution in [3.05, 3.63) is 0 Å². The largest absolute Gasteiger partial charge is 0.450 e. The highest BCUT2D eigenvalue weighted by atomic mass is 127. The maximum absolute atomic E-state index is 11.8. The number of likely N-dealkylation sites (tertiary alicyclic amines) is 1. The highest BCUT2D eigenvalue weighted by Gasteiger charge is 2.24. The van der Waals surface area contributed by atoms with E-state index in [4.69, 9.17) is 9.73 Å². The summed E-state index contributed by atoms with van der Waals surface area (Å²) in [6, 6.07) is 0.355. The number of amides is 1. The Hall–Kier alpha value is -0.810. The summed E-state index contributed by atoms with van der Waals surface area (Å²) in [7, 11) is 2.20. The summed E-state index contributed by atoms with van der Waals surface area (Å²) >= 11 is 0. The van der Waals surface area contributed by atoms with Gasteiger partial charge in [0.2, 0.25) is 0 Å². The topological polar surface area (TPSA) is 72.4 Å². The van der Waals surface area contributed by atoms with Crippen molar-refractivity contribution in [2.24, 2.45) is 4.99 Å². The Bertz CT molecular complexity index is 478. The minimum atomic E-state index is -0.193. The molecule has 1 amide bonds. The van der Waals surface area contributed by atoms with Crippen LogP contribution < -0.4 is 10.6 Å². The van der Waals surface area contributed by atoms with Gasteiger partial charge in [-0.1, -0.05) is 0 Å². The zero-order valence-corrected chi connectivity index (χ0v) is 20.8. The molecular weight excluding hydrogens is 483 g/mol. The van der Waals surface area contributed by atoms with Gasteiger partial charge in [0.1, 0.15) is 0 Å². The number of guanidine groups is 1. The van der Waals surface area contributed by atoms with Crippen molar-refractivity contribution in [1.82, 2.24) is 25.3 Å². The van der Waals surface area contributed by atoms with E-state index in [1.807, 2.05) is 6.92 Å². The molecule has 8 nitrogen and oxygen atoms in total.